The number of aryl methyl sites for hydroxylation is 1. The maximum Gasteiger partial charge on any atom is 0.153 e. The van der Waals surface area contributed by atoms with Crippen molar-refractivity contribution in [2.45, 2.75) is 39.7 Å². The lowest BCUT2D eigenvalue weighted by atomic mass is 9.90. The second kappa shape index (κ2) is 5.00. The third-order valence-electron chi connectivity index (χ3n) is 3.05. The highest BCUT2D eigenvalue weighted by Crippen LogP contribution is 2.23. The predicted octanol–water partition coefficient (Wildman–Crippen LogP) is 3.35. The molecule has 2 rings (SSSR count). The lowest BCUT2D eigenvalue weighted by Gasteiger charge is -2.15. The first-order chi connectivity index (χ1) is 8.90. The first kappa shape index (κ1) is 13.5. The van der Waals surface area contributed by atoms with E-state index in [1.165, 1.54) is 11.1 Å². The monoisotopic (exact) mass is 256 g/mol. The fourth-order valence-electron chi connectivity index (χ4n) is 2.18. The van der Waals surface area contributed by atoms with E-state index in [1.54, 1.807) is 0 Å². The van der Waals surface area contributed by atoms with Gasteiger partial charge in [-0.3, -0.25) is 9.48 Å². The standard InChI is InChI=1S/C16H20N2O/c1-12-6-5-7-13(8-12)9-18-10-14(11-19)15(17-18)16(2,3)4/h5-8,10-11H,9H2,1-4H3. The summed E-state index contributed by atoms with van der Waals surface area (Å²) >= 11 is 0. The number of aldehydes is 1. The summed E-state index contributed by atoms with van der Waals surface area (Å²) in [6, 6.07) is 8.33. The first-order valence-electron chi connectivity index (χ1n) is 6.49. The van der Waals surface area contributed by atoms with Gasteiger partial charge in [0.1, 0.15) is 0 Å². The average Bonchev–Trinajstić information content (AvgIpc) is 2.72. The molecule has 100 valence electrons. The molecule has 0 unspecified atom stereocenters. The molecule has 0 atom stereocenters. The highest BCUT2D eigenvalue weighted by Gasteiger charge is 2.22. The summed E-state index contributed by atoms with van der Waals surface area (Å²) < 4.78 is 1.85. The summed E-state index contributed by atoms with van der Waals surface area (Å²) in [6.45, 7) is 8.97. The molecule has 3 nitrogen and oxygen atoms in total. The molecule has 0 N–H and O–H groups in total. The van der Waals surface area contributed by atoms with Gasteiger partial charge in [-0.1, -0.05) is 50.6 Å². The van der Waals surface area contributed by atoms with Gasteiger partial charge in [-0.25, -0.2) is 0 Å². The molecule has 0 aliphatic heterocycles. The molecule has 1 aromatic heterocycles. The second-order valence-corrected chi connectivity index (χ2v) is 5.99. The van der Waals surface area contributed by atoms with Gasteiger partial charge in [-0.15, -0.1) is 0 Å². The molecule has 0 saturated carbocycles. The SMILES string of the molecule is Cc1cccc(Cn2cc(C=O)c(C(C)(C)C)n2)c1. The number of aromatic nitrogens is 2. The van der Waals surface area contributed by atoms with Crippen LogP contribution in [0.25, 0.3) is 0 Å². The Morgan fingerprint density at radius 3 is 2.58 bits per heavy atom. The molecule has 0 saturated heterocycles. The van der Waals surface area contributed by atoms with Crippen molar-refractivity contribution in [3.8, 4) is 0 Å². The Hall–Kier alpha value is -1.90. The topological polar surface area (TPSA) is 34.9 Å². The van der Waals surface area contributed by atoms with Crippen LogP contribution in [0.1, 0.15) is 48.0 Å². The Morgan fingerprint density at radius 2 is 2.05 bits per heavy atom. The zero-order chi connectivity index (χ0) is 14.0. The average molecular weight is 256 g/mol. The molecule has 0 bridgehead atoms. The minimum atomic E-state index is -0.117. The van der Waals surface area contributed by atoms with Crippen LogP contribution in [-0.4, -0.2) is 16.1 Å². The lowest BCUT2D eigenvalue weighted by Crippen LogP contribution is -2.15. The van der Waals surface area contributed by atoms with E-state index in [0.29, 0.717) is 12.1 Å². The molecule has 1 aromatic carbocycles. The molecule has 3 heteroatoms. The Kier molecular flexibility index (Phi) is 3.56. The van der Waals surface area contributed by atoms with E-state index in [0.717, 1.165) is 12.0 Å². The Morgan fingerprint density at radius 1 is 1.32 bits per heavy atom. The van der Waals surface area contributed by atoms with Gasteiger partial charge >= 0.3 is 0 Å². The van der Waals surface area contributed by atoms with Gasteiger partial charge < -0.3 is 0 Å². The lowest BCUT2D eigenvalue weighted by molar-refractivity contribution is 0.112. The number of benzene rings is 1. The maximum atomic E-state index is 11.1. The van der Waals surface area contributed by atoms with Crippen LogP contribution in [0.15, 0.2) is 30.5 Å². The number of nitrogens with zero attached hydrogens (tertiary/aromatic N) is 2. The Labute approximate surface area is 114 Å². The van der Waals surface area contributed by atoms with Crippen molar-refractivity contribution >= 4 is 6.29 Å². The minimum Gasteiger partial charge on any atom is -0.298 e. The van der Waals surface area contributed by atoms with Gasteiger partial charge in [0.05, 0.1) is 17.8 Å². The Balaban J connectivity index is 2.32. The summed E-state index contributed by atoms with van der Waals surface area (Å²) in [5.74, 6) is 0. The third-order valence-corrected chi connectivity index (χ3v) is 3.05. The van der Waals surface area contributed by atoms with Gasteiger partial charge in [0.15, 0.2) is 6.29 Å². The summed E-state index contributed by atoms with van der Waals surface area (Å²) in [7, 11) is 0. The first-order valence-corrected chi connectivity index (χ1v) is 6.49. The second-order valence-electron chi connectivity index (χ2n) is 5.99. The minimum absolute atomic E-state index is 0.117. The van der Waals surface area contributed by atoms with Crippen molar-refractivity contribution in [1.82, 2.24) is 9.78 Å². The fraction of sp³-hybridized carbons (Fsp3) is 0.375. The molecular formula is C16H20N2O. The quantitative estimate of drug-likeness (QED) is 0.789. The van der Waals surface area contributed by atoms with E-state index in [9.17, 15) is 4.79 Å². The number of hydrogen-bond donors (Lipinski definition) is 0. The maximum absolute atomic E-state index is 11.1. The molecule has 0 fully saturated rings. The molecule has 0 radical (unpaired) electrons. The van der Waals surface area contributed by atoms with E-state index in [4.69, 9.17) is 0 Å². The van der Waals surface area contributed by atoms with Gasteiger partial charge in [0, 0.05) is 11.6 Å². The van der Waals surface area contributed by atoms with Gasteiger partial charge in [0.25, 0.3) is 0 Å². The number of carbonyl (C=O) groups excluding carboxylic acids is 1. The van der Waals surface area contributed by atoms with Crippen LogP contribution in [0.2, 0.25) is 0 Å². The van der Waals surface area contributed by atoms with Gasteiger partial charge in [-0.05, 0) is 12.5 Å². The molecule has 19 heavy (non-hydrogen) atoms. The summed E-state index contributed by atoms with van der Waals surface area (Å²) in [4.78, 5) is 11.1. The van der Waals surface area contributed by atoms with Crippen molar-refractivity contribution in [3.63, 3.8) is 0 Å². The normalized spacial score (nSPS) is 11.6. The molecule has 1 heterocycles. The molecule has 0 amide bonds. The van der Waals surface area contributed by atoms with Crippen LogP contribution in [0.4, 0.5) is 0 Å². The predicted molar refractivity (Wildman–Crippen MR) is 76.6 cm³/mol. The van der Waals surface area contributed by atoms with Crippen LogP contribution in [0.5, 0.6) is 0 Å². The van der Waals surface area contributed by atoms with E-state index in [-0.39, 0.29) is 5.41 Å². The third kappa shape index (κ3) is 3.11. The highest BCUT2D eigenvalue weighted by molar-refractivity contribution is 5.76. The number of carbonyl (C=O) groups is 1. The molecule has 0 aliphatic rings. The molecular weight excluding hydrogens is 236 g/mol. The van der Waals surface area contributed by atoms with Crippen molar-refractivity contribution in [1.29, 1.82) is 0 Å². The van der Waals surface area contributed by atoms with Crippen LogP contribution >= 0.6 is 0 Å². The largest absolute Gasteiger partial charge is 0.298 e. The molecule has 0 spiro atoms. The summed E-state index contributed by atoms with van der Waals surface area (Å²) in [6.07, 6.45) is 2.72. The molecule has 0 aliphatic carbocycles. The van der Waals surface area contributed by atoms with Crippen LogP contribution in [0, 0.1) is 6.92 Å². The van der Waals surface area contributed by atoms with Crippen LogP contribution in [0.3, 0.4) is 0 Å². The molecule has 2 aromatic rings. The smallest absolute Gasteiger partial charge is 0.153 e. The number of rotatable bonds is 3. The zero-order valence-electron chi connectivity index (χ0n) is 12.0. The van der Waals surface area contributed by atoms with Crippen molar-refractivity contribution in [2.24, 2.45) is 0 Å². The van der Waals surface area contributed by atoms with E-state index in [1.807, 2.05) is 16.9 Å². The van der Waals surface area contributed by atoms with Crippen molar-refractivity contribution in [2.75, 3.05) is 0 Å². The Bertz CT molecular complexity index is 591. The van der Waals surface area contributed by atoms with Gasteiger partial charge in [0.2, 0.25) is 0 Å². The number of hydrogen-bond acceptors (Lipinski definition) is 2. The zero-order valence-corrected chi connectivity index (χ0v) is 12.0. The van der Waals surface area contributed by atoms with E-state index in [2.05, 4.69) is 51.0 Å². The van der Waals surface area contributed by atoms with Crippen molar-refractivity contribution in [3.05, 3.63) is 52.8 Å². The van der Waals surface area contributed by atoms with Gasteiger partial charge in [-0.2, -0.15) is 5.10 Å². The highest BCUT2D eigenvalue weighted by atomic mass is 16.1. The summed E-state index contributed by atoms with van der Waals surface area (Å²) in [5.41, 5.74) is 3.85. The van der Waals surface area contributed by atoms with Crippen LogP contribution in [-0.2, 0) is 12.0 Å². The fourth-order valence-corrected chi connectivity index (χ4v) is 2.18. The summed E-state index contributed by atoms with van der Waals surface area (Å²) in [5, 5.41) is 4.56. The van der Waals surface area contributed by atoms with Crippen molar-refractivity contribution < 1.29 is 4.79 Å². The van der Waals surface area contributed by atoms with E-state index < -0.39 is 0 Å². The van der Waals surface area contributed by atoms with E-state index >= 15 is 0 Å². The van der Waals surface area contributed by atoms with Crippen LogP contribution < -0.4 is 0 Å².